The van der Waals surface area contributed by atoms with Crippen LogP contribution in [0.4, 0.5) is 0 Å². The molecule has 0 aromatic rings. The van der Waals surface area contributed by atoms with Crippen LogP contribution >= 0.6 is 0 Å². The van der Waals surface area contributed by atoms with Gasteiger partial charge < -0.3 is 10.5 Å². The lowest BCUT2D eigenvalue weighted by atomic mass is 9.85. The van der Waals surface area contributed by atoms with Crippen LogP contribution in [-0.4, -0.2) is 18.6 Å². The van der Waals surface area contributed by atoms with Gasteiger partial charge in [0.1, 0.15) is 6.04 Å². The molecule has 2 N–H and O–H groups in total. The molecule has 0 heterocycles. The molecule has 0 amide bonds. The summed E-state index contributed by atoms with van der Waals surface area (Å²) in [6, 6.07) is -0.405. The van der Waals surface area contributed by atoms with Crippen LogP contribution in [0.5, 0.6) is 0 Å². The molecule has 1 aliphatic carbocycles. The normalized spacial score (nSPS) is 20.4. The van der Waals surface area contributed by atoms with Gasteiger partial charge in [-0.15, -0.1) is 0 Å². The Morgan fingerprint density at radius 2 is 2.07 bits per heavy atom. The molecule has 1 atom stereocenters. The van der Waals surface area contributed by atoms with E-state index in [1.54, 1.807) is 0 Å². The van der Waals surface area contributed by atoms with E-state index in [1.807, 2.05) is 6.92 Å². The molecule has 0 aliphatic heterocycles. The summed E-state index contributed by atoms with van der Waals surface area (Å²) in [6.45, 7) is 2.24. The van der Waals surface area contributed by atoms with Gasteiger partial charge in [0, 0.05) is 0 Å². The zero-order valence-electron chi connectivity index (χ0n) is 9.00. The number of hydrogen-bond acceptors (Lipinski definition) is 3. The average Bonchev–Trinajstić information content (AvgIpc) is 2.19. The molecule has 1 aliphatic rings. The number of rotatable bonds is 4. The highest BCUT2D eigenvalue weighted by molar-refractivity contribution is 5.75. The first-order valence-electron chi connectivity index (χ1n) is 5.66. The minimum Gasteiger partial charge on any atom is -0.465 e. The van der Waals surface area contributed by atoms with E-state index in [9.17, 15) is 4.79 Å². The van der Waals surface area contributed by atoms with Crippen LogP contribution in [0.15, 0.2) is 0 Å². The Labute approximate surface area is 86.0 Å². The van der Waals surface area contributed by atoms with E-state index in [-0.39, 0.29) is 5.97 Å². The van der Waals surface area contributed by atoms with E-state index >= 15 is 0 Å². The minimum atomic E-state index is -0.405. The van der Waals surface area contributed by atoms with Crippen LogP contribution in [-0.2, 0) is 9.53 Å². The van der Waals surface area contributed by atoms with Gasteiger partial charge in [-0.3, -0.25) is 4.79 Å². The standard InChI is InChI=1S/C11H21NO2/c1-2-14-11(13)10(12)8-9-6-4-3-5-7-9/h9-10H,2-8,12H2,1H3. The second-order valence-electron chi connectivity index (χ2n) is 4.10. The molecule has 0 saturated heterocycles. The molecule has 0 spiro atoms. The quantitative estimate of drug-likeness (QED) is 0.703. The fraction of sp³-hybridized carbons (Fsp3) is 0.909. The van der Waals surface area contributed by atoms with Crippen LogP contribution in [0.3, 0.4) is 0 Å². The molecule has 0 aromatic heterocycles. The number of nitrogens with two attached hydrogens (primary N) is 1. The molecule has 0 bridgehead atoms. The Kier molecular flexibility index (Phi) is 4.94. The summed E-state index contributed by atoms with van der Waals surface area (Å²) in [5.74, 6) is 0.404. The third kappa shape index (κ3) is 3.66. The number of hydrogen-bond donors (Lipinski definition) is 1. The van der Waals surface area contributed by atoms with E-state index in [0.717, 1.165) is 6.42 Å². The third-order valence-corrected chi connectivity index (χ3v) is 2.90. The molecule has 0 aromatic carbocycles. The summed E-state index contributed by atoms with van der Waals surface area (Å²) >= 11 is 0. The van der Waals surface area contributed by atoms with Gasteiger partial charge in [0.2, 0.25) is 0 Å². The van der Waals surface area contributed by atoms with Gasteiger partial charge in [-0.05, 0) is 19.3 Å². The Morgan fingerprint density at radius 3 is 2.64 bits per heavy atom. The van der Waals surface area contributed by atoms with E-state index in [4.69, 9.17) is 10.5 Å². The predicted octanol–water partition coefficient (Wildman–Crippen LogP) is 1.85. The van der Waals surface area contributed by atoms with Crippen molar-refractivity contribution in [3.8, 4) is 0 Å². The van der Waals surface area contributed by atoms with Gasteiger partial charge in [0.05, 0.1) is 6.61 Å². The molecule has 0 radical (unpaired) electrons. The molecule has 1 saturated carbocycles. The van der Waals surface area contributed by atoms with Crippen molar-refractivity contribution in [3.05, 3.63) is 0 Å². The van der Waals surface area contributed by atoms with Crippen LogP contribution < -0.4 is 5.73 Å². The SMILES string of the molecule is CCOC(=O)C(N)CC1CCCCC1. The fourth-order valence-corrected chi connectivity index (χ4v) is 2.13. The topological polar surface area (TPSA) is 52.3 Å². The second kappa shape index (κ2) is 6.02. The molecule has 82 valence electrons. The zero-order valence-corrected chi connectivity index (χ0v) is 9.00. The largest absolute Gasteiger partial charge is 0.465 e. The summed E-state index contributed by atoms with van der Waals surface area (Å²) in [5.41, 5.74) is 5.76. The van der Waals surface area contributed by atoms with Crippen molar-refractivity contribution in [2.45, 2.75) is 51.5 Å². The highest BCUT2D eigenvalue weighted by atomic mass is 16.5. The number of ether oxygens (including phenoxy) is 1. The zero-order chi connectivity index (χ0) is 10.4. The van der Waals surface area contributed by atoms with Gasteiger partial charge in [0.15, 0.2) is 0 Å². The lowest BCUT2D eigenvalue weighted by Gasteiger charge is -2.23. The molecule has 1 rings (SSSR count). The molecular formula is C11H21NO2. The molecule has 1 fully saturated rings. The Hall–Kier alpha value is -0.570. The highest BCUT2D eigenvalue weighted by Crippen LogP contribution is 2.27. The average molecular weight is 199 g/mol. The molecule has 3 heteroatoms. The predicted molar refractivity (Wildman–Crippen MR) is 55.8 cm³/mol. The first kappa shape index (κ1) is 11.5. The van der Waals surface area contributed by atoms with Crippen molar-refractivity contribution in [1.29, 1.82) is 0 Å². The van der Waals surface area contributed by atoms with Crippen molar-refractivity contribution in [1.82, 2.24) is 0 Å². The van der Waals surface area contributed by atoms with Crippen molar-refractivity contribution in [3.63, 3.8) is 0 Å². The van der Waals surface area contributed by atoms with E-state index in [1.165, 1.54) is 32.1 Å². The summed E-state index contributed by atoms with van der Waals surface area (Å²) in [7, 11) is 0. The summed E-state index contributed by atoms with van der Waals surface area (Å²) < 4.78 is 4.88. The van der Waals surface area contributed by atoms with Gasteiger partial charge >= 0.3 is 5.97 Å². The summed E-state index contributed by atoms with van der Waals surface area (Å²) in [5, 5.41) is 0. The lowest BCUT2D eigenvalue weighted by Crippen LogP contribution is -2.34. The fourth-order valence-electron chi connectivity index (χ4n) is 2.13. The van der Waals surface area contributed by atoms with Gasteiger partial charge in [0.25, 0.3) is 0 Å². The van der Waals surface area contributed by atoms with Crippen LogP contribution in [0.2, 0.25) is 0 Å². The number of carbonyl (C=O) groups is 1. The molecule has 14 heavy (non-hydrogen) atoms. The van der Waals surface area contributed by atoms with Gasteiger partial charge in [-0.25, -0.2) is 0 Å². The number of esters is 1. The van der Waals surface area contributed by atoms with Gasteiger partial charge in [-0.1, -0.05) is 32.1 Å². The minimum absolute atomic E-state index is 0.238. The summed E-state index contributed by atoms with van der Waals surface area (Å²) in [4.78, 5) is 11.3. The Bertz CT molecular complexity index is 176. The number of carbonyl (C=O) groups excluding carboxylic acids is 1. The first-order valence-corrected chi connectivity index (χ1v) is 5.66. The third-order valence-electron chi connectivity index (χ3n) is 2.90. The monoisotopic (exact) mass is 199 g/mol. The molecule has 3 nitrogen and oxygen atoms in total. The van der Waals surface area contributed by atoms with E-state index in [2.05, 4.69) is 0 Å². The van der Waals surface area contributed by atoms with Crippen molar-refractivity contribution >= 4 is 5.97 Å². The lowest BCUT2D eigenvalue weighted by molar-refractivity contribution is -0.145. The second-order valence-corrected chi connectivity index (χ2v) is 4.10. The van der Waals surface area contributed by atoms with Crippen LogP contribution in [0, 0.1) is 5.92 Å². The van der Waals surface area contributed by atoms with Crippen LogP contribution in [0.25, 0.3) is 0 Å². The molecule has 1 unspecified atom stereocenters. The van der Waals surface area contributed by atoms with E-state index < -0.39 is 6.04 Å². The molecular weight excluding hydrogens is 178 g/mol. The first-order chi connectivity index (χ1) is 6.74. The summed E-state index contributed by atoms with van der Waals surface area (Å²) in [6.07, 6.45) is 7.19. The van der Waals surface area contributed by atoms with Crippen molar-refractivity contribution in [2.75, 3.05) is 6.61 Å². The van der Waals surface area contributed by atoms with Crippen LogP contribution in [0.1, 0.15) is 45.4 Å². The maximum absolute atomic E-state index is 11.3. The van der Waals surface area contributed by atoms with Crippen molar-refractivity contribution < 1.29 is 9.53 Å². The van der Waals surface area contributed by atoms with Gasteiger partial charge in [-0.2, -0.15) is 0 Å². The van der Waals surface area contributed by atoms with Crippen molar-refractivity contribution in [2.24, 2.45) is 11.7 Å². The Morgan fingerprint density at radius 1 is 1.43 bits per heavy atom. The van der Waals surface area contributed by atoms with E-state index in [0.29, 0.717) is 12.5 Å². The smallest absolute Gasteiger partial charge is 0.322 e. The highest BCUT2D eigenvalue weighted by Gasteiger charge is 2.21. The maximum atomic E-state index is 11.3. The Balaban J connectivity index is 2.24. The maximum Gasteiger partial charge on any atom is 0.322 e.